The smallest absolute Gasteiger partial charge is 0.220 e. The molecule has 1 atom stereocenters. The minimum atomic E-state index is -1.38. The quantitative estimate of drug-likeness (QED) is 0.487. The third-order valence-corrected chi connectivity index (χ3v) is 8.10. The van der Waals surface area contributed by atoms with Gasteiger partial charge in [0, 0.05) is 12.6 Å². The minimum Gasteiger partial charge on any atom is -0.330 e. The number of carbonyl (C=O) groups excluding carboxylic acids is 1. The van der Waals surface area contributed by atoms with E-state index in [9.17, 15) is 4.79 Å². The average Bonchev–Trinajstić information content (AvgIpc) is 3.10. The molecule has 1 aromatic carbocycles. The Morgan fingerprint density at radius 3 is 2.50 bits per heavy atom. The molecule has 0 aliphatic heterocycles. The lowest BCUT2D eigenvalue weighted by atomic mass is 10.0. The van der Waals surface area contributed by atoms with Gasteiger partial charge in [-0.2, -0.15) is 0 Å². The molecule has 0 saturated carbocycles. The Balaban J connectivity index is 2.53. The highest BCUT2D eigenvalue weighted by Gasteiger charge is 2.24. The Morgan fingerprint density at radius 2 is 1.88 bits per heavy atom. The molecular formula is C23H33NOSi. The minimum absolute atomic E-state index is 0.0489. The average molecular weight is 368 g/mol. The van der Waals surface area contributed by atoms with Gasteiger partial charge in [-0.3, -0.25) is 4.79 Å². The second-order valence-corrected chi connectivity index (χ2v) is 9.81. The fraction of sp³-hybridized carbons (Fsp3) is 0.435. The van der Waals surface area contributed by atoms with Gasteiger partial charge in [-0.15, -0.1) is 0 Å². The van der Waals surface area contributed by atoms with Crippen molar-refractivity contribution in [2.24, 2.45) is 0 Å². The van der Waals surface area contributed by atoms with Gasteiger partial charge in [0.1, 0.15) is 8.80 Å². The van der Waals surface area contributed by atoms with Crippen LogP contribution in [0.5, 0.6) is 0 Å². The Hall–Kier alpha value is -1.87. The summed E-state index contributed by atoms with van der Waals surface area (Å²) in [6.07, 6.45) is 11.1. The normalized spacial score (nSPS) is 15.8. The molecule has 0 radical (unpaired) electrons. The summed E-state index contributed by atoms with van der Waals surface area (Å²) < 4.78 is 0. The molecule has 0 bridgehead atoms. The summed E-state index contributed by atoms with van der Waals surface area (Å²) in [6, 6.07) is 10.9. The van der Waals surface area contributed by atoms with Crippen LogP contribution in [0.25, 0.3) is 0 Å². The number of hydrogen-bond acceptors (Lipinski definition) is 1. The van der Waals surface area contributed by atoms with Crippen molar-refractivity contribution < 1.29 is 4.79 Å². The molecule has 0 saturated heterocycles. The summed E-state index contributed by atoms with van der Waals surface area (Å²) in [5.74, 6) is 0.0489. The van der Waals surface area contributed by atoms with Crippen LogP contribution in [0, 0.1) is 0 Å². The monoisotopic (exact) mass is 367 g/mol. The fourth-order valence-corrected chi connectivity index (χ4v) is 6.50. The maximum absolute atomic E-state index is 12.0. The zero-order valence-electron chi connectivity index (χ0n) is 16.8. The van der Waals surface area contributed by atoms with Gasteiger partial charge in [-0.05, 0) is 42.0 Å². The molecule has 2 rings (SSSR count). The molecule has 1 unspecified atom stereocenters. The van der Waals surface area contributed by atoms with Crippen LogP contribution in [0.15, 0.2) is 64.5 Å². The zero-order valence-corrected chi connectivity index (χ0v) is 17.9. The van der Waals surface area contributed by atoms with Crippen LogP contribution < -0.4 is 10.5 Å². The van der Waals surface area contributed by atoms with Crippen molar-refractivity contribution in [2.45, 2.75) is 65.8 Å². The van der Waals surface area contributed by atoms with Gasteiger partial charge in [0.2, 0.25) is 5.91 Å². The maximum Gasteiger partial charge on any atom is 0.220 e. The molecule has 1 aliphatic carbocycles. The van der Waals surface area contributed by atoms with Crippen molar-refractivity contribution in [3.05, 3.63) is 64.5 Å². The summed E-state index contributed by atoms with van der Waals surface area (Å²) in [5.41, 5.74) is 4.09. The van der Waals surface area contributed by atoms with Crippen LogP contribution >= 0.6 is 0 Å². The Bertz CT molecular complexity index is 700. The van der Waals surface area contributed by atoms with Gasteiger partial charge in [0.25, 0.3) is 0 Å². The molecular weight excluding hydrogens is 334 g/mol. The topological polar surface area (TPSA) is 29.1 Å². The predicted molar refractivity (Wildman–Crippen MR) is 115 cm³/mol. The van der Waals surface area contributed by atoms with Crippen LogP contribution in [0.3, 0.4) is 0 Å². The Morgan fingerprint density at radius 1 is 1.15 bits per heavy atom. The van der Waals surface area contributed by atoms with E-state index in [1.165, 1.54) is 40.1 Å². The molecule has 140 valence electrons. The highest BCUT2D eigenvalue weighted by molar-refractivity contribution is 6.79. The highest BCUT2D eigenvalue weighted by atomic mass is 28.3. The summed E-state index contributed by atoms with van der Waals surface area (Å²) in [5, 5.41) is 6.13. The highest BCUT2D eigenvalue weighted by Crippen LogP contribution is 2.32. The summed E-state index contributed by atoms with van der Waals surface area (Å²) in [6.45, 7) is 8.49. The predicted octanol–water partition coefficient (Wildman–Crippen LogP) is 4.93. The van der Waals surface area contributed by atoms with E-state index in [1.54, 1.807) is 6.92 Å². The lowest BCUT2D eigenvalue weighted by Gasteiger charge is -2.24. The number of allylic oxidation sites excluding steroid dienone is 6. The van der Waals surface area contributed by atoms with E-state index in [1.807, 2.05) is 0 Å². The van der Waals surface area contributed by atoms with E-state index in [0.29, 0.717) is 0 Å². The number of carbonyl (C=O) groups is 1. The van der Waals surface area contributed by atoms with Crippen molar-refractivity contribution in [2.75, 3.05) is 0 Å². The van der Waals surface area contributed by atoms with E-state index < -0.39 is 8.80 Å². The number of benzene rings is 1. The molecule has 1 N–H and O–H groups in total. The van der Waals surface area contributed by atoms with Crippen LogP contribution in [0.4, 0.5) is 0 Å². The number of rotatable bonds is 9. The maximum atomic E-state index is 12.0. The number of unbranched alkanes of at least 4 members (excludes halogenated alkanes) is 2. The zero-order chi connectivity index (χ0) is 18.9. The molecule has 0 spiro atoms. The standard InChI is InChI=1S/C23H33NOSi/c1-5-7-9-17-22(24-18(3)25)23(21-16-12-13-19(21)6-2)26(4)20-14-10-8-11-15-20/h8,10-15,26H,5-7,9,16-17H2,1-4H3,(H,24,25). The van der Waals surface area contributed by atoms with Gasteiger partial charge in [0.05, 0.1) is 0 Å². The van der Waals surface area contributed by atoms with Crippen molar-refractivity contribution in [1.82, 2.24) is 5.32 Å². The number of nitrogens with one attached hydrogen (secondary N) is 1. The van der Waals surface area contributed by atoms with Gasteiger partial charge < -0.3 is 5.32 Å². The van der Waals surface area contributed by atoms with Crippen LogP contribution in [-0.2, 0) is 4.79 Å². The first-order valence-electron chi connectivity index (χ1n) is 10.0. The van der Waals surface area contributed by atoms with Gasteiger partial charge in [-0.25, -0.2) is 0 Å². The molecule has 1 aromatic rings. The second kappa shape index (κ2) is 10.3. The number of hydrogen-bond donors (Lipinski definition) is 1. The largest absolute Gasteiger partial charge is 0.330 e. The summed E-state index contributed by atoms with van der Waals surface area (Å²) >= 11 is 0. The van der Waals surface area contributed by atoms with E-state index in [-0.39, 0.29) is 5.91 Å². The second-order valence-electron chi connectivity index (χ2n) is 7.13. The molecule has 0 heterocycles. The lowest BCUT2D eigenvalue weighted by molar-refractivity contribution is -0.118. The summed E-state index contributed by atoms with van der Waals surface area (Å²) in [7, 11) is -1.38. The van der Waals surface area contributed by atoms with Gasteiger partial charge in [-0.1, -0.05) is 80.9 Å². The Labute approximate surface area is 160 Å². The SMILES string of the molecule is CCCCCC(NC(C)=O)=C(C1=C(CC)C=CC1)[SiH](C)c1ccccc1. The van der Waals surface area contributed by atoms with E-state index in [4.69, 9.17) is 0 Å². The van der Waals surface area contributed by atoms with Crippen LogP contribution in [0.2, 0.25) is 6.55 Å². The number of amides is 1. The van der Waals surface area contributed by atoms with Gasteiger partial charge in [0.15, 0.2) is 0 Å². The molecule has 1 aliphatic rings. The summed E-state index contributed by atoms with van der Waals surface area (Å²) in [4.78, 5) is 12.0. The van der Waals surface area contributed by atoms with Crippen LogP contribution in [0.1, 0.15) is 59.3 Å². The lowest BCUT2D eigenvalue weighted by Crippen LogP contribution is -2.34. The molecule has 0 fully saturated rings. The third kappa shape index (κ3) is 5.31. The van der Waals surface area contributed by atoms with E-state index in [0.717, 1.165) is 25.7 Å². The van der Waals surface area contributed by atoms with E-state index >= 15 is 0 Å². The van der Waals surface area contributed by atoms with Crippen molar-refractivity contribution in [3.63, 3.8) is 0 Å². The first-order chi connectivity index (χ1) is 12.6. The first-order valence-corrected chi connectivity index (χ1v) is 12.3. The molecule has 3 heteroatoms. The van der Waals surface area contributed by atoms with Crippen molar-refractivity contribution in [1.29, 1.82) is 0 Å². The van der Waals surface area contributed by atoms with Gasteiger partial charge >= 0.3 is 0 Å². The fourth-order valence-electron chi connectivity index (χ4n) is 3.81. The van der Waals surface area contributed by atoms with Crippen LogP contribution in [-0.4, -0.2) is 14.7 Å². The van der Waals surface area contributed by atoms with Crippen molar-refractivity contribution in [3.8, 4) is 0 Å². The van der Waals surface area contributed by atoms with E-state index in [2.05, 4.69) is 68.2 Å². The molecule has 2 nitrogen and oxygen atoms in total. The first kappa shape index (κ1) is 20.4. The molecule has 1 amide bonds. The molecule has 26 heavy (non-hydrogen) atoms. The Kier molecular flexibility index (Phi) is 8.11. The molecule has 0 aromatic heterocycles. The third-order valence-electron chi connectivity index (χ3n) is 5.15. The van der Waals surface area contributed by atoms with Crippen molar-refractivity contribution >= 4 is 19.9 Å².